The van der Waals surface area contributed by atoms with Gasteiger partial charge in [-0.25, -0.2) is 0 Å². The lowest BCUT2D eigenvalue weighted by Crippen LogP contribution is -2.32. The predicted molar refractivity (Wildman–Crippen MR) is 66.7 cm³/mol. The zero-order chi connectivity index (χ0) is 11.2. The Bertz CT molecular complexity index is 491. The zero-order valence-electron chi connectivity index (χ0n) is 9.62. The molecule has 1 heterocycles. The van der Waals surface area contributed by atoms with Crippen molar-refractivity contribution in [2.75, 3.05) is 0 Å². The number of rotatable bonds is 1. The second kappa shape index (κ2) is 3.46. The first-order chi connectivity index (χ1) is 8.42. The van der Waals surface area contributed by atoms with Crippen LogP contribution in [0, 0.1) is 17.8 Å². The van der Waals surface area contributed by atoms with Crippen LogP contribution in [-0.4, -0.2) is 11.8 Å². The Morgan fingerprint density at radius 3 is 2.76 bits per heavy atom. The molecular formula is C15H15NO. The number of nitrogens with zero attached hydrogens (tertiary/aromatic N) is 1. The number of hydrogen-bond acceptors (Lipinski definition) is 2. The predicted octanol–water partition coefficient (Wildman–Crippen LogP) is 3.00. The summed E-state index contributed by atoms with van der Waals surface area (Å²) in [5.74, 6) is 1.99. The van der Waals surface area contributed by atoms with E-state index in [1.165, 1.54) is 12.0 Å². The van der Waals surface area contributed by atoms with Gasteiger partial charge in [-0.3, -0.25) is 0 Å². The average molecular weight is 225 g/mol. The van der Waals surface area contributed by atoms with Crippen LogP contribution in [0.2, 0.25) is 0 Å². The summed E-state index contributed by atoms with van der Waals surface area (Å²) in [4.78, 5) is 5.74. The molecule has 1 aromatic rings. The van der Waals surface area contributed by atoms with Gasteiger partial charge in [-0.15, -0.1) is 0 Å². The molecular weight excluding hydrogens is 210 g/mol. The van der Waals surface area contributed by atoms with E-state index in [0.717, 1.165) is 18.1 Å². The largest absolute Gasteiger partial charge is 0.391 e. The van der Waals surface area contributed by atoms with Crippen molar-refractivity contribution < 1.29 is 4.84 Å². The average Bonchev–Trinajstić information content (AvgIpc) is 3.01. The molecule has 17 heavy (non-hydrogen) atoms. The first-order valence-electron chi connectivity index (χ1n) is 6.38. The molecule has 0 amide bonds. The van der Waals surface area contributed by atoms with Crippen molar-refractivity contribution in [1.29, 1.82) is 0 Å². The SMILES string of the molecule is C1=C[C@H]2C[C@@H]1[C@@H]1ON=C(c3ccccc3)C[C@@H]12. The maximum atomic E-state index is 5.74. The summed E-state index contributed by atoms with van der Waals surface area (Å²) in [6.07, 6.45) is 7.38. The monoisotopic (exact) mass is 225 g/mol. The Hall–Kier alpha value is -1.57. The van der Waals surface area contributed by atoms with Crippen LogP contribution in [0.1, 0.15) is 18.4 Å². The maximum absolute atomic E-state index is 5.74. The minimum absolute atomic E-state index is 0.345. The van der Waals surface area contributed by atoms with Crippen molar-refractivity contribution in [3.05, 3.63) is 48.0 Å². The van der Waals surface area contributed by atoms with E-state index in [1.54, 1.807) is 0 Å². The van der Waals surface area contributed by atoms with Gasteiger partial charge in [0.1, 0.15) is 6.10 Å². The molecule has 0 spiro atoms. The third-order valence-electron chi connectivity index (χ3n) is 4.36. The minimum atomic E-state index is 0.345. The lowest BCUT2D eigenvalue weighted by atomic mass is 9.84. The molecule has 1 aliphatic heterocycles. The van der Waals surface area contributed by atoms with Crippen molar-refractivity contribution in [1.82, 2.24) is 0 Å². The van der Waals surface area contributed by atoms with Gasteiger partial charge in [0, 0.05) is 18.3 Å². The summed E-state index contributed by atoms with van der Waals surface area (Å²) in [5.41, 5.74) is 2.32. The standard InChI is InChI=1S/C15H15NO/c1-2-4-10(5-3-1)14-9-13-11-6-7-12(8-11)15(13)17-16-14/h1-7,11-13,15H,8-9H2/t11-,12+,13+,15-/m0/s1. The number of allylic oxidation sites excluding steroid dienone is 1. The summed E-state index contributed by atoms with van der Waals surface area (Å²) < 4.78 is 0. The fourth-order valence-electron chi connectivity index (χ4n) is 3.49. The summed E-state index contributed by atoms with van der Waals surface area (Å²) >= 11 is 0. The van der Waals surface area contributed by atoms with Crippen molar-refractivity contribution >= 4 is 5.71 Å². The third-order valence-corrected chi connectivity index (χ3v) is 4.36. The highest BCUT2D eigenvalue weighted by atomic mass is 16.6. The molecule has 0 saturated heterocycles. The van der Waals surface area contributed by atoms with E-state index < -0.39 is 0 Å². The van der Waals surface area contributed by atoms with E-state index in [-0.39, 0.29) is 0 Å². The first-order valence-corrected chi connectivity index (χ1v) is 6.38. The third kappa shape index (κ3) is 1.36. The smallest absolute Gasteiger partial charge is 0.137 e. The fraction of sp³-hybridized carbons (Fsp3) is 0.400. The van der Waals surface area contributed by atoms with Crippen LogP contribution in [-0.2, 0) is 4.84 Å². The Morgan fingerprint density at radius 2 is 1.88 bits per heavy atom. The van der Waals surface area contributed by atoms with Crippen LogP contribution in [0.15, 0.2) is 47.6 Å². The summed E-state index contributed by atoms with van der Waals surface area (Å²) in [7, 11) is 0. The molecule has 2 aliphatic carbocycles. The Morgan fingerprint density at radius 1 is 1.06 bits per heavy atom. The van der Waals surface area contributed by atoms with E-state index in [9.17, 15) is 0 Å². The van der Waals surface area contributed by atoms with Crippen LogP contribution in [0.5, 0.6) is 0 Å². The molecule has 0 aromatic heterocycles. The minimum Gasteiger partial charge on any atom is -0.391 e. The van der Waals surface area contributed by atoms with Crippen molar-refractivity contribution in [2.24, 2.45) is 22.9 Å². The molecule has 0 unspecified atom stereocenters. The van der Waals surface area contributed by atoms with E-state index in [0.29, 0.717) is 17.9 Å². The molecule has 0 radical (unpaired) electrons. The van der Waals surface area contributed by atoms with E-state index in [1.807, 2.05) is 6.07 Å². The van der Waals surface area contributed by atoms with Gasteiger partial charge >= 0.3 is 0 Å². The molecule has 1 aromatic carbocycles. The van der Waals surface area contributed by atoms with Crippen LogP contribution in [0.25, 0.3) is 0 Å². The molecule has 1 fully saturated rings. The molecule has 86 valence electrons. The maximum Gasteiger partial charge on any atom is 0.137 e. The van der Waals surface area contributed by atoms with Crippen molar-refractivity contribution in [2.45, 2.75) is 18.9 Å². The quantitative estimate of drug-likeness (QED) is 0.673. The second-order valence-corrected chi connectivity index (χ2v) is 5.29. The van der Waals surface area contributed by atoms with Crippen LogP contribution in [0.4, 0.5) is 0 Å². The Labute approximate surface area is 101 Å². The number of fused-ring (bicyclic) bond motifs is 5. The molecule has 1 saturated carbocycles. The van der Waals surface area contributed by atoms with Gasteiger partial charge in [-0.1, -0.05) is 47.6 Å². The molecule has 2 bridgehead atoms. The number of oxime groups is 1. The Balaban J connectivity index is 1.64. The molecule has 0 N–H and O–H groups in total. The van der Waals surface area contributed by atoms with Crippen molar-refractivity contribution in [3.63, 3.8) is 0 Å². The summed E-state index contributed by atoms with van der Waals surface area (Å²) in [6, 6.07) is 10.4. The van der Waals surface area contributed by atoms with Crippen LogP contribution in [0.3, 0.4) is 0 Å². The molecule has 2 heteroatoms. The van der Waals surface area contributed by atoms with Crippen LogP contribution >= 0.6 is 0 Å². The first kappa shape index (κ1) is 9.46. The molecule has 3 aliphatic rings. The molecule has 4 rings (SSSR count). The second-order valence-electron chi connectivity index (χ2n) is 5.29. The highest BCUT2D eigenvalue weighted by molar-refractivity contribution is 6.00. The van der Waals surface area contributed by atoms with E-state index >= 15 is 0 Å². The van der Waals surface area contributed by atoms with Gasteiger partial charge in [0.05, 0.1) is 5.71 Å². The molecule has 2 nitrogen and oxygen atoms in total. The zero-order valence-corrected chi connectivity index (χ0v) is 9.62. The van der Waals surface area contributed by atoms with Crippen LogP contribution < -0.4 is 0 Å². The van der Waals surface area contributed by atoms with Gasteiger partial charge in [-0.05, 0) is 17.9 Å². The summed E-state index contributed by atoms with van der Waals surface area (Å²) in [6.45, 7) is 0. The van der Waals surface area contributed by atoms with E-state index in [2.05, 4.69) is 41.6 Å². The van der Waals surface area contributed by atoms with Gasteiger partial charge in [0.15, 0.2) is 0 Å². The lowest BCUT2D eigenvalue weighted by Gasteiger charge is -2.30. The molecule has 4 atom stereocenters. The van der Waals surface area contributed by atoms with Crippen molar-refractivity contribution in [3.8, 4) is 0 Å². The van der Waals surface area contributed by atoms with Gasteiger partial charge in [0.25, 0.3) is 0 Å². The van der Waals surface area contributed by atoms with E-state index in [4.69, 9.17) is 4.84 Å². The highest BCUT2D eigenvalue weighted by Crippen LogP contribution is 2.48. The Kier molecular flexibility index (Phi) is 1.92. The lowest BCUT2D eigenvalue weighted by molar-refractivity contribution is -0.00244. The fourth-order valence-corrected chi connectivity index (χ4v) is 3.49. The number of hydrogen-bond donors (Lipinski definition) is 0. The topological polar surface area (TPSA) is 21.6 Å². The summed E-state index contributed by atoms with van der Waals surface area (Å²) in [5, 5.41) is 4.34. The highest BCUT2D eigenvalue weighted by Gasteiger charge is 2.48. The number of benzene rings is 1. The van der Waals surface area contributed by atoms with Gasteiger partial charge in [0.2, 0.25) is 0 Å². The van der Waals surface area contributed by atoms with Gasteiger partial charge in [-0.2, -0.15) is 0 Å². The normalized spacial score (nSPS) is 37.5. The van der Waals surface area contributed by atoms with Gasteiger partial charge < -0.3 is 4.84 Å².